The van der Waals surface area contributed by atoms with Crippen LogP contribution < -0.4 is 5.56 Å². The van der Waals surface area contributed by atoms with Gasteiger partial charge in [0.1, 0.15) is 5.82 Å². The number of rotatable bonds is 6. The maximum absolute atomic E-state index is 13.1. The molecule has 1 N–H and O–H groups in total. The van der Waals surface area contributed by atoms with E-state index in [-0.39, 0.29) is 18.7 Å². The lowest BCUT2D eigenvalue weighted by Crippen LogP contribution is -2.29. The van der Waals surface area contributed by atoms with Gasteiger partial charge in [0.25, 0.3) is 5.56 Å². The summed E-state index contributed by atoms with van der Waals surface area (Å²) in [5, 5.41) is 12.3. The van der Waals surface area contributed by atoms with Gasteiger partial charge >= 0.3 is 0 Å². The van der Waals surface area contributed by atoms with Crippen LogP contribution in [0.5, 0.6) is 0 Å². The molecule has 0 unspecified atom stereocenters. The topological polar surface area (TPSA) is 64.4 Å². The lowest BCUT2D eigenvalue weighted by atomic mass is 10.2. The fourth-order valence-corrected chi connectivity index (χ4v) is 2.87. The third-order valence-electron chi connectivity index (χ3n) is 3.33. The van der Waals surface area contributed by atoms with Gasteiger partial charge in [0, 0.05) is 10.9 Å². The minimum absolute atomic E-state index is 0.0730. The van der Waals surface area contributed by atoms with E-state index in [9.17, 15) is 14.3 Å². The predicted octanol–water partition coefficient (Wildman–Crippen LogP) is 2.17. The molecule has 23 heavy (non-hydrogen) atoms. The highest BCUT2D eigenvalue weighted by molar-refractivity contribution is 7.09. The van der Waals surface area contributed by atoms with Crippen molar-refractivity contribution in [1.29, 1.82) is 0 Å². The van der Waals surface area contributed by atoms with E-state index in [0.717, 1.165) is 4.88 Å². The molecule has 2 heterocycles. The van der Waals surface area contributed by atoms with Crippen LogP contribution in [0.25, 0.3) is 10.9 Å². The number of hydrogen-bond donors (Lipinski definition) is 1. The van der Waals surface area contributed by atoms with Gasteiger partial charge in [-0.05, 0) is 23.6 Å². The average molecular weight is 334 g/mol. The summed E-state index contributed by atoms with van der Waals surface area (Å²) in [5.41, 5.74) is -0.0120. The molecule has 0 saturated heterocycles. The summed E-state index contributed by atoms with van der Waals surface area (Å²) in [7, 11) is 0. The van der Waals surface area contributed by atoms with Crippen LogP contribution in [0.4, 0.5) is 4.39 Å². The Bertz CT molecular complexity index is 848. The van der Waals surface area contributed by atoms with Crippen LogP contribution in [0.1, 0.15) is 4.88 Å². The molecule has 2 aromatic heterocycles. The van der Waals surface area contributed by atoms with Crippen LogP contribution in [0, 0.1) is 5.82 Å². The number of aliphatic hydroxyl groups is 1. The third kappa shape index (κ3) is 3.82. The van der Waals surface area contributed by atoms with Gasteiger partial charge in [-0.2, -0.15) is 0 Å². The summed E-state index contributed by atoms with van der Waals surface area (Å²) < 4.78 is 19.9. The SMILES string of the molecule is O=c1c2ccc(F)cc2ncn1C[C@H](O)COCc1cccs1. The van der Waals surface area contributed by atoms with Crippen LogP contribution in [0.3, 0.4) is 0 Å². The Kier molecular flexibility index (Phi) is 4.80. The molecule has 120 valence electrons. The number of hydrogen-bond acceptors (Lipinski definition) is 5. The molecule has 0 fully saturated rings. The van der Waals surface area contributed by atoms with Crippen LogP contribution in [0.2, 0.25) is 0 Å². The number of ether oxygens (including phenoxy) is 1. The zero-order valence-electron chi connectivity index (χ0n) is 12.2. The molecular weight excluding hydrogens is 319 g/mol. The Morgan fingerprint density at radius 2 is 2.26 bits per heavy atom. The number of thiophene rings is 1. The first-order chi connectivity index (χ1) is 11.1. The van der Waals surface area contributed by atoms with Gasteiger partial charge in [0.05, 0.1) is 43.1 Å². The number of aliphatic hydroxyl groups excluding tert-OH is 1. The van der Waals surface area contributed by atoms with Gasteiger partial charge in [-0.1, -0.05) is 6.07 Å². The summed E-state index contributed by atoms with van der Waals surface area (Å²) in [6, 6.07) is 7.71. The third-order valence-corrected chi connectivity index (χ3v) is 4.18. The Labute approximate surface area is 135 Å². The first-order valence-corrected chi connectivity index (χ1v) is 7.94. The Balaban J connectivity index is 1.65. The monoisotopic (exact) mass is 334 g/mol. The highest BCUT2D eigenvalue weighted by atomic mass is 32.1. The normalized spacial score (nSPS) is 12.6. The van der Waals surface area contributed by atoms with Gasteiger partial charge in [-0.25, -0.2) is 9.37 Å². The van der Waals surface area contributed by atoms with E-state index >= 15 is 0 Å². The molecule has 0 amide bonds. The van der Waals surface area contributed by atoms with Gasteiger partial charge in [0.2, 0.25) is 0 Å². The van der Waals surface area contributed by atoms with E-state index in [1.54, 1.807) is 11.3 Å². The standard InChI is InChI=1S/C16H15FN2O3S/c17-11-3-4-14-15(6-11)18-10-19(16(14)21)7-12(20)8-22-9-13-2-1-5-23-13/h1-6,10,12,20H,7-9H2/t12-/m0/s1. The predicted molar refractivity (Wildman–Crippen MR) is 85.9 cm³/mol. The minimum Gasteiger partial charge on any atom is -0.389 e. The molecule has 0 spiro atoms. The summed E-state index contributed by atoms with van der Waals surface area (Å²) >= 11 is 1.58. The zero-order chi connectivity index (χ0) is 16.2. The van der Waals surface area contributed by atoms with Crippen molar-refractivity contribution in [2.75, 3.05) is 6.61 Å². The largest absolute Gasteiger partial charge is 0.389 e. The van der Waals surface area contributed by atoms with E-state index in [4.69, 9.17) is 4.74 Å². The highest BCUT2D eigenvalue weighted by Crippen LogP contribution is 2.10. The molecule has 7 heteroatoms. The fourth-order valence-electron chi connectivity index (χ4n) is 2.23. The van der Waals surface area contributed by atoms with E-state index in [0.29, 0.717) is 17.5 Å². The first-order valence-electron chi connectivity index (χ1n) is 7.06. The smallest absolute Gasteiger partial charge is 0.261 e. The molecule has 1 atom stereocenters. The molecule has 0 radical (unpaired) electrons. The second-order valence-corrected chi connectivity index (χ2v) is 6.14. The fraction of sp³-hybridized carbons (Fsp3) is 0.250. The lowest BCUT2D eigenvalue weighted by molar-refractivity contribution is 0.0207. The minimum atomic E-state index is -0.827. The van der Waals surface area contributed by atoms with E-state index < -0.39 is 11.9 Å². The maximum atomic E-state index is 13.1. The number of halogens is 1. The van der Waals surface area contributed by atoms with E-state index in [1.807, 2.05) is 17.5 Å². The average Bonchev–Trinajstić information content (AvgIpc) is 3.03. The summed E-state index contributed by atoms with van der Waals surface area (Å²) in [4.78, 5) is 17.4. The zero-order valence-corrected chi connectivity index (χ0v) is 13.0. The molecule has 0 aliphatic rings. The first kappa shape index (κ1) is 15.8. The van der Waals surface area contributed by atoms with Gasteiger partial charge < -0.3 is 9.84 Å². The molecule has 3 rings (SSSR count). The van der Waals surface area contributed by atoms with Crippen molar-refractivity contribution < 1.29 is 14.2 Å². The molecule has 5 nitrogen and oxygen atoms in total. The summed E-state index contributed by atoms with van der Waals surface area (Å²) in [6.07, 6.45) is 0.486. The van der Waals surface area contributed by atoms with Crippen LogP contribution >= 0.6 is 11.3 Å². The van der Waals surface area contributed by atoms with Crippen molar-refractivity contribution >= 4 is 22.2 Å². The molecule has 3 aromatic rings. The lowest BCUT2D eigenvalue weighted by Gasteiger charge is -2.13. The second-order valence-electron chi connectivity index (χ2n) is 5.11. The number of aromatic nitrogens is 2. The van der Waals surface area contributed by atoms with E-state index in [1.165, 1.54) is 29.1 Å². The second kappa shape index (κ2) is 6.99. The number of benzene rings is 1. The molecule has 0 saturated carbocycles. The summed E-state index contributed by atoms with van der Waals surface area (Å²) in [6.45, 7) is 0.619. The molecular formula is C16H15FN2O3S. The van der Waals surface area contributed by atoms with Crippen molar-refractivity contribution in [3.8, 4) is 0 Å². The van der Waals surface area contributed by atoms with Gasteiger partial charge in [0.15, 0.2) is 0 Å². The van der Waals surface area contributed by atoms with Crippen molar-refractivity contribution in [2.45, 2.75) is 19.3 Å². The van der Waals surface area contributed by atoms with Crippen molar-refractivity contribution in [3.63, 3.8) is 0 Å². The molecule has 0 aliphatic carbocycles. The number of fused-ring (bicyclic) bond motifs is 1. The van der Waals surface area contributed by atoms with Crippen LogP contribution in [-0.4, -0.2) is 27.4 Å². The van der Waals surface area contributed by atoms with Gasteiger partial charge in [-0.3, -0.25) is 9.36 Å². The summed E-state index contributed by atoms with van der Waals surface area (Å²) in [5.74, 6) is -0.441. The Morgan fingerprint density at radius 3 is 3.04 bits per heavy atom. The molecule has 1 aromatic carbocycles. The van der Waals surface area contributed by atoms with Gasteiger partial charge in [-0.15, -0.1) is 11.3 Å². The van der Waals surface area contributed by atoms with Crippen molar-refractivity contribution in [1.82, 2.24) is 9.55 Å². The maximum Gasteiger partial charge on any atom is 0.261 e. The van der Waals surface area contributed by atoms with Crippen molar-refractivity contribution in [3.05, 3.63) is 63.1 Å². The quantitative estimate of drug-likeness (QED) is 0.750. The Hall–Kier alpha value is -2.09. The van der Waals surface area contributed by atoms with Crippen LogP contribution in [0.15, 0.2) is 46.8 Å². The van der Waals surface area contributed by atoms with E-state index in [2.05, 4.69) is 4.98 Å². The number of nitrogens with zero attached hydrogens (tertiary/aromatic N) is 2. The molecule has 0 aliphatic heterocycles. The molecule has 0 bridgehead atoms. The Morgan fingerprint density at radius 1 is 1.39 bits per heavy atom. The van der Waals surface area contributed by atoms with Crippen molar-refractivity contribution in [2.24, 2.45) is 0 Å². The van der Waals surface area contributed by atoms with Crippen LogP contribution in [-0.2, 0) is 17.9 Å². The highest BCUT2D eigenvalue weighted by Gasteiger charge is 2.10.